The number of sulfone groups is 1. The maximum atomic E-state index is 12.8. The van der Waals surface area contributed by atoms with Gasteiger partial charge >= 0.3 is 0 Å². The van der Waals surface area contributed by atoms with Crippen LogP contribution in [-0.4, -0.2) is 57.6 Å². The van der Waals surface area contributed by atoms with Gasteiger partial charge in [0.05, 0.1) is 21.4 Å². The Morgan fingerprint density at radius 3 is 2.56 bits per heavy atom. The van der Waals surface area contributed by atoms with Crippen molar-refractivity contribution in [2.45, 2.75) is 4.90 Å². The number of fused-ring (bicyclic) bond motifs is 1. The van der Waals surface area contributed by atoms with Crippen molar-refractivity contribution in [2.24, 2.45) is 0 Å². The van der Waals surface area contributed by atoms with E-state index in [1.807, 2.05) is 19.0 Å². The second kappa shape index (κ2) is 8.39. The molecular weight excluding hydrogens is 410 g/mol. The fourth-order valence-corrected chi connectivity index (χ4v) is 4.11. The van der Waals surface area contributed by atoms with Crippen molar-refractivity contribution in [3.8, 4) is 0 Å². The number of nitrogens with zero attached hydrogens (tertiary/aromatic N) is 3. The lowest BCUT2D eigenvalue weighted by Crippen LogP contribution is -2.36. The van der Waals surface area contributed by atoms with E-state index in [1.54, 1.807) is 29.2 Å². The second-order valence-corrected chi connectivity index (χ2v) is 9.16. The van der Waals surface area contributed by atoms with Crippen LogP contribution in [-0.2, 0) is 9.84 Å². The minimum Gasteiger partial charge on any atom is -0.459 e. The molecule has 146 valence electrons. The smallest absolute Gasteiger partial charge is 0.295 e. The lowest BCUT2D eigenvalue weighted by Gasteiger charge is -2.20. The zero-order chi connectivity index (χ0) is 18.9. The SMILES string of the molecule is CN(C)CCN(C(=O)c1ccco1)c1nc2ccc(S(C)(=O)=O)cc2s1.Cl. The highest BCUT2D eigenvalue weighted by Gasteiger charge is 2.23. The van der Waals surface area contributed by atoms with Gasteiger partial charge in [0.25, 0.3) is 5.91 Å². The average Bonchev–Trinajstić information content (AvgIpc) is 3.22. The van der Waals surface area contributed by atoms with Gasteiger partial charge < -0.3 is 9.32 Å². The van der Waals surface area contributed by atoms with E-state index in [-0.39, 0.29) is 29.0 Å². The molecule has 1 aromatic carbocycles. The Morgan fingerprint density at radius 1 is 1.22 bits per heavy atom. The van der Waals surface area contributed by atoms with Crippen molar-refractivity contribution in [3.05, 3.63) is 42.4 Å². The third kappa shape index (κ3) is 4.86. The molecule has 0 unspecified atom stereocenters. The van der Waals surface area contributed by atoms with Gasteiger partial charge in [0.2, 0.25) is 0 Å². The quantitative estimate of drug-likeness (QED) is 0.599. The number of rotatable bonds is 6. The number of amides is 1. The maximum absolute atomic E-state index is 12.8. The number of carbonyl (C=O) groups is 1. The molecule has 2 heterocycles. The van der Waals surface area contributed by atoms with Crippen molar-refractivity contribution in [1.29, 1.82) is 0 Å². The van der Waals surface area contributed by atoms with Crippen LogP contribution in [0.5, 0.6) is 0 Å². The number of benzene rings is 1. The largest absolute Gasteiger partial charge is 0.459 e. The molecular formula is C17H20ClN3O4S2. The molecule has 0 bridgehead atoms. The highest BCUT2D eigenvalue weighted by atomic mass is 35.5. The number of halogens is 1. The molecule has 1 amide bonds. The molecule has 2 aromatic heterocycles. The molecule has 0 spiro atoms. The third-order valence-electron chi connectivity index (χ3n) is 3.76. The van der Waals surface area contributed by atoms with Gasteiger partial charge in [-0.1, -0.05) is 11.3 Å². The lowest BCUT2D eigenvalue weighted by atomic mass is 10.3. The van der Waals surface area contributed by atoms with Crippen LogP contribution < -0.4 is 4.90 Å². The molecule has 3 rings (SSSR count). The van der Waals surface area contributed by atoms with Gasteiger partial charge in [0.1, 0.15) is 0 Å². The summed E-state index contributed by atoms with van der Waals surface area (Å²) in [6.45, 7) is 1.09. The fourth-order valence-electron chi connectivity index (χ4n) is 2.36. The van der Waals surface area contributed by atoms with E-state index in [9.17, 15) is 13.2 Å². The number of likely N-dealkylation sites (N-methyl/N-ethyl adjacent to an activating group) is 1. The van der Waals surface area contributed by atoms with Crippen LogP contribution in [0.4, 0.5) is 5.13 Å². The molecule has 0 saturated heterocycles. The summed E-state index contributed by atoms with van der Waals surface area (Å²) >= 11 is 1.28. The zero-order valence-corrected chi connectivity index (χ0v) is 17.5. The van der Waals surface area contributed by atoms with Gasteiger partial charge in [-0.25, -0.2) is 13.4 Å². The van der Waals surface area contributed by atoms with Gasteiger partial charge in [-0.2, -0.15) is 0 Å². The minimum atomic E-state index is -3.30. The van der Waals surface area contributed by atoms with Crippen LogP contribution in [0.1, 0.15) is 10.6 Å². The molecule has 0 aliphatic carbocycles. The van der Waals surface area contributed by atoms with Crippen LogP contribution in [0.2, 0.25) is 0 Å². The van der Waals surface area contributed by atoms with E-state index < -0.39 is 9.84 Å². The van der Waals surface area contributed by atoms with Crippen molar-refractivity contribution in [3.63, 3.8) is 0 Å². The van der Waals surface area contributed by atoms with Crippen molar-refractivity contribution >= 4 is 54.8 Å². The Balaban J connectivity index is 0.00000261. The Bertz CT molecular complexity index is 1030. The third-order valence-corrected chi connectivity index (χ3v) is 5.91. The summed E-state index contributed by atoms with van der Waals surface area (Å²) in [6.07, 6.45) is 2.62. The van der Waals surface area contributed by atoms with Crippen LogP contribution in [0.25, 0.3) is 10.2 Å². The van der Waals surface area contributed by atoms with Gasteiger partial charge in [-0.05, 0) is 44.4 Å². The van der Waals surface area contributed by atoms with Crippen molar-refractivity contribution in [2.75, 3.05) is 38.3 Å². The number of furan rings is 1. The van der Waals surface area contributed by atoms with Crippen LogP contribution in [0.3, 0.4) is 0 Å². The molecule has 0 saturated carbocycles. The number of carbonyl (C=O) groups excluding carboxylic acids is 1. The minimum absolute atomic E-state index is 0. The number of hydrogen-bond donors (Lipinski definition) is 0. The first-order valence-corrected chi connectivity index (χ1v) is 10.6. The molecule has 0 aliphatic heterocycles. The Hall–Kier alpha value is -1.94. The van der Waals surface area contributed by atoms with E-state index >= 15 is 0 Å². The fraction of sp³-hybridized carbons (Fsp3) is 0.294. The lowest BCUT2D eigenvalue weighted by molar-refractivity contribution is 0.0958. The summed E-state index contributed by atoms with van der Waals surface area (Å²) in [6, 6.07) is 8.05. The molecule has 27 heavy (non-hydrogen) atoms. The van der Waals surface area contributed by atoms with Crippen molar-refractivity contribution in [1.82, 2.24) is 9.88 Å². The predicted molar refractivity (Wildman–Crippen MR) is 109 cm³/mol. The topological polar surface area (TPSA) is 83.7 Å². The van der Waals surface area contributed by atoms with E-state index in [0.29, 0.717) is 28.4 Å². The summed E-state index contributed by atoms with van der Waals surface area (Å²) in [5, 5.41) is 0.508. The molecule has 0 fully saturated rings. The van der Waals surface area contributed by atoms with Crippen LogP contribution >= 0.6 is 23.7 Å². The molecule has 7 nitrogen and oxygen atoms in total. The normalized spacial score (nSPS) is 11.6. The van der Waals surface area contributed by atoms with Gasteiger partial charge in [-0.15, -0.1) is 12.4 Å². The van der Waals surface area contributed by atoms with E-state index in [0.717, 1.165) is 0 Å². The Labute approximate surface area is 167 Å². The summed E-state index contributed by atoms with van der Waals surface area (Å²) in [7, 11) is 0.544. The van der Waals surface area contributed by atoms with Gasteiger partial charge in [-0.3, -0.25) is 9.69 Å². The molecule has 0 atom stereocenters. The first kappa shape index (κ1) is 21.4. The number of anilines is 1. The number of hydrogen-bond acceptors (Lipinski definition) is 7. The summed E-state index contributed by atoms with van der Waals surface area (Å²) in [5.41, 5.74) is 0.652. The highest BCUT2D eigenvalue weighted by molar-refractivity contribution is 7.90. The predicted octanol–water partition coefficient (Wildman–Crippen LogP) is 2.92. The van der Waals surface area contributed by atoms with Crippen LogP contribution in [0, 0.1) is 0 Å². The van der Waals surface area contributed by atoms with E-state index in [4.69, 9.17) is 4.42 Å². The maximum Gasteiger partial charge on any atom is 0.295 e. The Morgan fingerprint density at radius 2 is 1.96 bits per heavy atom. The van der Waals surface area contributed by atoms with Gasteiger partial charge in [0, 0.05) is 19.3 Å². The first-order valence-electron chi connectivity index (χ1n) is 7.86. The van der Waals surface area contributed by atoms with Crippen LogP contribution in [0.15, 0.2) is 45.9 Å². The molecule has 0 N–H and O–H groups in total. The van der Waals surface area contributed by atoms with E-state index in [2.05, 4.69) is 4.98 Å². The van der Waals surface area contributed by atoms with Crippen molar-refractivity contribution < 1.29 is 17.6 Å². The van der Waals surface area contributed by atoms with Gasteiger partial charge in [0.15, 0.2) is 20.7 Å². The molecule has 0 aliphatic rings. The molecule has 10 heteroatoms. The first-order chi connectivity index (χ1) is 12.3. The summed E-state index contributed by atoms with van der Waals surface area (Å²) in [4.78, 5) is 21.1. The Kier molecular flexibility index (Phi) is 6.63. The standard InChI is InChI=1S/C17H19N3O4S2.ClH/c1-19(2)8-9-20(16(21)14-5-4-10-24-14)17-18-13-7-6-12(26(3,22)23)11-15(13)25-17;/h4-7,10-11H,8-9H2,1-3H3;1H. The highest BCUT2D eigenvalue weighted by Crippen LogP contribution is 2.31. The molecule has 0 radical (unpaired) electrons. The number of aromatic nitrogens is 1. The summed E-state index contributed by atoms with van der Waals surface area (Å²) < 4.78 is 29.5. The summed E-state index contributed by atoms with van der Waals surface area (Å²) in [5.74, 6) is -0.0425. The zero-order valence-electron chi connectivity index (χ0n) is 15.1. The average molecular weight is 430 g/mol. The van der Waals surface area contributed by atoms with E-state index in [1.165, 1.54) is 29.9 Å². The number of thiazole rings is 1. The monoisotopic (exact) mass is 429 g/mol. The molecule has 3 aromatic rings. The second-order valence-electron chi connectivity index (χ2n) is 6.14.